The van der Waals surface area contributed by atoms with E-state index in [1.807, 2.05) is 38.2 Å². The highest BCUT2D eigenvalue weighted by molar-refractivity contribution is 6.30. The van der Waals surface area contributed by atoms with E-state index in [0.29, 0.717) is 10.8 Å². The van der Waals surface area contributed by atoms with Crippen LogP contribution in [-0.2, 0) is 7.05 Å². The van der Waals surface area contributed by atoms with Crippen LogP contribution in [0.3, 0.4) is 0 Å². The van der Waals surface area contributed by atoms with Gasteiger partial charge in [-0.1, -0.05) is 23.7 Å². The molecule has 0 unspecified atom stereocenters. The van der Waals surface area contributed by atoms with Crippen molar-refractivity contribution >= 4 is 17.4 Å². The summed E-state index contributed by atoms with van der Waals surface area (Å²) >= 11 is 5.94. The average Bonchev–Trinajstić information content (AvgIpc) is 2.41. The Labute approximate surface area is 93.5 Å². The molecule has 1 heterocycles. The summed E-state index contributed by atoms with van der Waals surface area (Å²) in [4.78, 5) is 0. The topological polar surface area (TPSA) is 43.8 Å². The SMILES string of the molecule is Cc1c(-c2cccc(Cl)c2)c(N)nn1C. The first-order chi connectivity index (χ1) is 7.09. The van der Waals surface area contributed by atoms with E-state index in [9.17, 15) is 0 Å². The lowest BCUT2D eigenvalue weighted by Crippen LogP contribution is -1.93. The van der Waals surface area contributed by atoms with Gasteiger partial charge in [0.05, 0.1) is 0 Å². The average molecular weight is 222 g/mol. The summed E-state index contributed by atoms with van der Waals surface area (Å²) in [6.45, 7) is 1.99. The summed E-state index contributed by atoms with van der Waals surface area (Å²) in [6, 6.07) is 7.62. The van der Waals surface area contributed by atoms with E-state index in [4.69, 9.17) is 17.3 Å². The van der Waals surface area contributed by atoms with E-state index in [-0.39, 0.29) is 0 Å². The molecule has 0 amide bonds. The first kappa shape index (κ1) is 10.1. The summed E-state index contributed by atoms with van der Waals surface area (Å²) in [5.74, 6) is 0.539. The van der Waals surface area contributed by atoms with Gasteiger partial charge in [0.2, 0.25) is 0 Å². The van der Waals surface area contributed by atoms with Crippen molar-refractivity contribution in [3.63, 3.8) is 0 Å². The number of anilines is 1. The predicted molar refractivity (Wildman–Crippen MR) is 62.8 cm³/mol. The molecule has 0 aliphatic rings. The zero-order valence-corrected chi connectivity index (χ0v) is 9.42. The van der Waals surface area contributed by atoms with Crippen molar-refractivity contribution in [2.24, 2.45) is 7.05 Å². The van der Waals surface area contributed by atoms with Crippen LogP contribution in [-0.4, -0.2) is 9.78 Å². The molecule has 0 bridgehead atoms. The second-order valence-electron chi connectivity index (χ2n) is 3.48. The molecule has 0 spiro atoms. The van der Waals surface area contributed by atoms with Crippen LogP contribution in [0.4, 0.5) is 5.82 Å². The van der Waals surface area contributed by atoms with Gasteiger partial charge in [0.15, 0.2) is 5.82 Å². The molecule has 0 atom stereocenters. The van der Waals surface area contributed by atoms with Gasteiger partial charge in [-0.2, -0.15) is 5.10 Å². The normalized spacial score (nSPS) is 10.6. The standard InChI is InChI=1S/C11H12ClN3/c1-7-10(11(13)14-15(7)2)8-4-3-5-9(12)6-8/h3-6H,1-2H3,(H2,13,14). The maximum Gasteiger partial charge on any atom is 0.153 e. The van der Waals surface area contributed by atoms with E-state index >= 15 is 0 Å². The number of halogens is 1. The minimum Gasteiger partial charge on any atom is -0.382 e. The van der Waals surface area contributed by atoms with Crippen LogP contribution in [0.1, 0.15) is 5.69 Å². The summed E-state index contributed by atoms with van der Waals surface area (Å²) in [7, 11) is 1.87. The van der Waals surface area contributed by atoms with Gasteiger partial charge in [-0.05, 0) is 24.6 Å². The van der Waals surface area contributed by atoms with Crippen LogP contribution >= 0.6 is 11.6 Å². The summed E-state index contributed by atoms with van der Waals surface area (Å²) in [5, 5.41) is 4.87. The quantitative estimate of drug-likeness (QED) is 0.805. The molecule has 4 heteroatoms. The van der Waals surface area contributed by atoms with Crippen LogP contribution in [0, 0.1) is 6.92 Å². The molecule has 0 aliphatic carbocycles. The first-order valence-electron chi connectivity index (χ1n) is 4.64. The Hall–Kier alpha value is -1.48. The van der Waals surface area contributed by atoms with Crippen LogP contribution in [0.2, 0.25) is 5.02 Å². The van der Waals surface area contributed by atoms with Crippen molar-refractivity contribution in [2.45, 2.75) is 6.92 Å². The molecule has 0 saturated carbocycles. The Morgan fingerprint density at radius 1 is 1.40 bits per heavy atom. The van der Waals surface area contributed by atoms with E-state index in [1.165, 1.54) is 0 Å². The van der Waals surface area contributed by atoms with Crippen molar-refractivity contribution in [3.05, 3.63) is 35.0 Å². The smallest absolute Gasteiger partial charge is 0.153 e. The fraction of sp³-hybridized carbons (Fsp3) is 0.182. The van der Waals surface area contributed by atoms with Crippen molar-refractivity contribution in [1.29, 1.82) is 0 Å². The molecule has 0 fully saturated rings. The maximum atomic E-state index is 5.94. The van der Waals surface area contributed by atoms with Crippen molar-refractivity contribution in [2.75, 3.05) is 5.73 Å². The molecule has 0 radical (unpaired) electrons. The summed E-state index contributed by atoms with van der Waals surface area (Å²) < 4.78 is 1.77. The van der Waals surface area contributed by atoms with E-state index in [0.717, 1.165) is 16.8 Å². The lowest BCUT2D eigenvalue weighted by molar-refractivity contribution is 0.744. The number of nitrogen functional groups attached to an aromatic ring is 1. The maximum absolute atomic E-state index is 5.94. The number of benzene rings is 1. The molecule has 1 aromatic heterocycles. The van der Waals surface area contributed by atoms with Crippen molar-refractivity contribution in [3.8, 4) is 11.1 Å². The van der Waals surface area contributed by atoms with Gasteiger partial charge in [0, 0.05) is 23.3 Å². The number of rotatable bonds is 1. The predicted octanol–water partition coefficient (Wildman–Crippen LogP) is 2.63. The molecule has 1 aromatic carbocycles. The van der Waals surface area contributed by atoms with Crippen LogP contribution in [0.25, 0.3) is 11.1 Å². The van der Waals surface area contributed by atoms with Gasteiger partial charge < -0.3 is 5.73 Å². The van der Waals surface area contributed by atoms with Crippen molar-refractivity contribution in [1.82, 2.24) is 9.78 Å². The van der Waals surface area contributed by atoms with E-state index in [2.05, 4.69) is 5.10 Å². The molecule has 2 aromatic rings. The second kappa shape index (κ2) is 3.59. The lowest BCUT2D eigenvalue weighted by Gasteiger charge is -2.02. The molecule has 2 N–H and O–H groups in total. The molecular weight excluding hydrogens is 210 g/mol. The Morgan fingerprint density at radius 3 is 2.67 bits per heavy atom. The Morgan fingerprint density at radius 2 is 2.13 bits per heavy atom. The van der Waals surface area contributed by atoms with Gasteiger partial charge in [0.25, 0.3) is 0 Å². The number of nitrogens with two attached hydrogens (primary N) is 1. The fourth-order valence-electron chi connectivity index (χ4n) is 1.63. The van der Waals surface area contributed by atoms with Gasteiger partial charge in [0.1, 0.15) is 0 Å². The minimum absolute atomic E-state index is 0.539. The van der Waals surface area contributed by atoms with E-state index in [1.54, 1.807) is 4.68 Å². The van der Waals surface area contributed by atoms with Gasteiger partial charge in [-0.15, -0.1) is 0 Å². The Bertz CT molecular complexity index is 503. The number of hydrogen-bond acceptors (Lipinski definition) is 2. The van der Waals surface area contributed by atoms with Crippen molar-refractivity contribution < 1.29 is 0 Å². The third-order valence-corrected chi connectivity index (χ3v) is 2.71. The Kier molecular flexibility index (Phi) is 2.40. The number of aryl methyl sites for hydroxylation is 1. The summed E-state index contributed by atoms with van der Waals surface area (Å²) in [6.07, 6.45) is 0. The van der Waals surface area contributed by atoms with Gasteiger partial charge >= 0.3 is 0 Å². The molecule has 15 heavy (non-hydrogen) atoms. The largest absolute Gasteiger partial charge is 0.382 e. The highest BCUT2D eigenvalue weighted by atomic mass is 35.5. The lowest BCUT2D eigenvalue weighted by atomic mass is 10.1. The molecule has 0 saturated heterocycles. The first-order valence-corrected chi connectivity index (χ1v) is 5.02. The number of aromatic nitrogens is 2. The molecule has 78 valence electrons. The monoisotopic (exact) mass is 221 g/mol. The zero-order valence-electron chi connectivity index (χ0n) is 8.66. The summed E-state index contributed by atoms with van der Waals surface area (Å²) in [5.41, 5.74) is 8.85. The molecule has 0 aliphatic heterocycles. The minimum atomic E-state index is 0.539. The van der Waals surface area contributed by atoms with Crippen LogP contribution < -0.4 is 5.73 Å². The number of hydrogen-bond donors (Lipinski definition) is 1. The highest BCUT2D eigenvalue weighted by Crippen LogP contribution is 2.29. The van der Waals surface area contributed by atoms with Gasteiger partial charge in [-0.3, -0.25) is 4.68 Å². The van der Waals surface area contributed by atoms with Crippen LogP contribution in [0.15, 0.2) is 24.3 Å². The molecular formula is C11H12ClN3. The third-order valence-electron chi connectivity index (χ3n) is 2.47. The van der Waals surface area contributed by atoms with Crippen LogP contribution in [0.5, 0.6) is 0 Å². The van der Waals surface area contributed by atoms with E-state index < -0.39 is 0 Å². The van der Waals surface area contributed by atoms with Gasteiger partial charge in [-0.25, -0.2) is 0 Å². The second-order valence-corrected chi connectivity index (χ2v) is 3.92. The number of nitrogens with zero attached hydrogens (tertiary/aromatic N) is 2. The molecule has 2 rings (SSSR count). The zero-order chi connectivity index (χ0) is 11.0. The highest BCUT2D eigenvalue weighted by Gasteiger charge is 2.12. The molecule has 3 nitrogen and oxygen atoms in total. The Balaban J connectivity index is 2.63. The third kappa shape index (κ3) is 1.70. The fourth-order valence-corrected chi connectivity index (χ4v) is 1.82.